The van der Waals surface area contributed by atoms with Gasteiger partial charge in [-0.05, 0) is 36.3 Å². The van der Waals surface area contributed by atoms with Crippen molar-refractivity contribution in [3.05, 3.63) is 87.9 Å². The SMILES string of the molecule is Cc1nc(COc2ccc(C=CC(=O)NC(Cc3ccccc3)C(=O)N(C)C)cc2)cs1. The summed E-state index contributed by atoms with van der Waals surface area (Å²) < 4.78 is 5.74. The molecule has 3 aromatic rings. The molecule has 0 saturated carbocycles. The molecule has 1 aromatic heterocycles. The Kier molecular flexibility index (Phi) is 8.16. The number of nitrogens with zero attached hydrogens (tertiary/aromatic N) is 2. The maximum absolute atomic E-state index is 12.5. The number of benzene rings is 2. The first-order chi connectivity index (χ1) is 15.4. The lowest BCUT2D eigenvalue weighted by atomic mass is 10.0. The van der Waals surface area contributed by atoms with Crippen molar-refractivity contribution in [1.82, 2.24) is 15.2 Å². The molecule has 0 aliphatic carbocycles. The summed E-state index contributed by atoms with van der Waals surface area (Å²) in [5.74, 6) is 0.268. The van der Waals surface area contributed by atoms with E-state index in [1.54, 1.807) is 31.5 Å². The number of carbonyl (C=O) groups is 2. The fraction of sp³-hybridized carbons (Fsp3) is 0.240. The van der Waals surface area contributed by atoms with Gasteiger partial charge in [0.25, 0.3) is 0 Å². The topological polar surface area (TPSA) is 71.5 Å². The molecule has 0 saturated heterocycles. The zero-order chi connectivity index (χ0) is 22.9. The Morgan fingerprint density at radius 2 is 1.84 bits per heavy atom. The van der Waals surface area contributed by atoms with Crippen molar-refractivity contribution in [2.75, 3.05) is 14.1 Å². The van der Waals surface area contributed by atoms with Crippen molar-refractivity contribution >= 4 is 29.2 Å². The van der Waals surface area contributed by atoms with Crippen molar-refractivity contribution in [3.63, 3.8) is 0 Å². The summed E-state index contributed by atoms with van der Waals surface area (Å²) in [5, 5.41) is 5.82. The van der Waals surface area contributed by atoms with Gasteiger partial charge in [-0.2, -0.15) is 0 Å². The van der Waals surface area contributed by atoms with Gasteiger partial charge in [0, 0.05) is 32.0 Å². The van der Waals surface area contributed by atoms with Gasteiger partial charge in [-0.3, -0.25) is 9.59 Å². The predicted molar refractivity (Wildman–Crippen MR) is 127 cm³/mol. The van der Waals surface area contributed by atoms with Crippen LogP contribution in [0.5, 0.6) is 5.75 Å². The minimum atomic E-state index is -0.630. The first-order valence-corrected chi connectivity index (χ1v) is 11.2. The van der Waals surface area contributed by atoms with Gasteiger partial charge in [0.15, 0.2) is 0 Å². The summed E-state index contributed by atoms with van der Waals surface area (Å²) in [6, 6.07) is 16.5. The molecular weight excluding hydrogens is 422 g/mol. The Morgan fingerprint density at radius 1 is 1.12 bits per heavy atom. The summed E-state index contributed by atoms with van der Waals surface area (Å²) in [4.78, 5) is 30.9. The van der Waals surface area contributed by atoms with Crippen molar-refractivity contribution in [3.8, 4) is 5.75 Å². The molecule has 1 N–H and O–H groups in total. The number of ether oxygens (including phenoxy) is 1. The van der Waals surface area contributed by atoms with Crippen LogP contribution in [-0.2, 0) is 22.6 Å². The highest BCUT2D eigenvalue weighted by molar-refractivity contribution is 7.09. The van der Waals surface area contributed by atoms with Crippen molar-refractivity contribution < 1.29 is 14.3 Å². The third kappa shape index (κ3) is 7.06. The molecule has 7 heteroatoms. The Bertz CT molecular complexity index is 1060. The van der Waals surface area contributed by atoms with Crippen LogP contribution in [0.1, 0.15) is 21.8 Å². The molecule has 166 valence electrons. The standard InChI is InChI=1S/C25H27N3O3S/c1-18-26-21(17-32-18)16-31-22-12-9-19(10-13-22)11-14-24(29)27-23(25(30)28(2)3)15-20-7-5-4-6-8-20/h4-14,17,23H,15-16H2,1-3H3,(H,27,29). The molecular formula is C25H27N3O3S. The van der Waals surface area contributed by atoms with E-state index in [2.05, 4.69) is 10.3 Å². The highest BCUT2D eigenvalue weighted by Crippen LogP contribution is 2.16. The van der Waals surface area contributed by atoms with E-state index in [0.717, 1.165) is 27.6 Å². The van der Waals surface area contributed by atoms with E-state index in [-0.39, 0.29) is 11.8 Å². The van der Waals surface area contributed by atoms with Crippen molar-refractivity contribution in [2.45, 2.75) is 26.0 Å². The molecule has 2 aromatic carbocycles. The van der Waals surface area contributed by atoms with E-state index in [9.17, 15) is 9.59 Å². The number of rotatable bonds is 9. The molecule has 1 heterocycles. The lowest BCUT2D eigenvalue weighted by molar-refractivity contribution is -0.133. The van der Waals surface area contributed by atoms with Crippen LogP contribution in [0.3, 0.4) is 0 Å². The number of aryl methyl sites for hydroxylation is 1. The molecule has 1 atom stereocenters. The molecule has 0 spiro atoms. The Balaban J connectivity index is 1.56. The van der Waals surface area contributed by atoms with Gasteiger partial charge < -0.3 is 15.0 Å². The molecule has 0 aliphatic rings. The Hall–Kier alpha value is -3.45. The second-order valence-corrected chi connectivity index (χ2v) is 8.59. The number of nitrogens with one attached hydrogen (secondary N) is 1. The number of likely N-dealkylation sites (N-methyl/N-ethyl adjacent to an activating group) is 1. The largest absolute Gasteiger partial charge is 0.487 e. The predicted octanol–water partition coefficient (Wildman–Crippen LogP) is 3.86. The van der Waals surface area contributed by atoms with Crippen LogP contribution in [0.25, 0.3) is 6.08 Å². The summed E-state index contributed by atoms with van der Waals surface area (Å²) in [6.45, 7) is 2.39. The molecule has 1 unspecified atom stereocenters. The Morgan fingerprint density at radius 3 is 2.47 bits per heavy atom. The maximum Gasteiger partial charge on any atom is 0.244 e. The molecule has 6 nitrogen and oxygen atoms in total. The third-order valence-electron chi connectivity index (χ3n) is 4.70. The van der Waals surface area contributed by atoms with Crippen LogP contribution < -0.4 is 10.1 Å². The lowest BCUT2D eigenvalue weighted by Crippen LogP contribution is -2.47. The number of amides is 2. The number of thiazole rings is 1. The number of hydrogen-bond donors (Lipinski definition) is 1. The molecule has 3 rings (SSSR count). The van der Waals surface area contributed by atoms with E-state index < -0.39 is 6.04 Å². The first kappa shape index (κ1) is 23.2. The summed E-state index contributed by atoms with van der Waals surface area (Å²) >= 11 is 1.60. The summed E-state index contributed by atoms with van der Waals surface area (Å²) in [7, 11) is 3.36. The lowest BCUT2D eigenvalue weighted by Gasteiger charge is -2.21. The smallest absolute Gasteiger partial charge is 0.244 e. The van der Waals surface area contributed by atoms with Crippen molar-refractivity contribution in [2.24, 2.45) is 0 Å². The van der Waals surface area contributed by atoms with Gasteiger partial charge in [0.1, 0.15) is 18.4 Å². The van der Waals surface area contributed by atoms with Crippen LogP contribution in [0.15, 0.2) is 66.1 Å². The zero-order valence-electron chi connectivity index (χ0n) is 18.4. The van der Waals surface area contributed by atoms with Gasteiger partial charge in [-0.15, -0.1) is 11.3 Å². The highest BCUT2D eigenvalue weighted by Gasteiger charge is 2.21. The molecule has 2 amide bonds. The zero-order valence-corrected chi connectivity index (χ0v) is 19.3. The van der Waals surface area contributed by atoms with E-state index in [4.69, 9.17) is 4.74 Å². The van der Waals surface area contributed by atoms with Crippen molar-refractivity contribution in [1.29, 1.82) is 0 Å². The first-order valence-electron chi connectivity index (χ1n) is 10.3. The van der Waals surface area contributed by atoms with E-state index in [1.165, 1.54) is 11.0 Å². The van der Waals surface area contributed by atoms with Crippen LogP contribution in [-0.4, -0.2) is 41.8 Å². The van der Waals surface area contributed by atoms with Gasteiger partial charge in [0.05, 0.1) is 10.7 Å². The summed E-state index contributed by atoms with van der Waals surface area (Å²) in [6.07, 6.45) is 3.58. The van der Waals surface area contributed by atoms with Gasteiger partial charge >= 0.3 is 0 Å². The molecule has 0 aliphatic heterocycles. The van der Waals surface area contributed by atoms with Gasteiger partial charge in [0.2, 0.25) is 11.8 Å². The number of carbonyl (C=O) groups excluding carboxylic acids is 2. The number of hydrogen-bond acceptors (Lipinski definition) is 5. The molecule has 0 radical (unpaired) electrons. The van der Waals surface area contributed by atoms with Crippen LogP contribution in [0, 0.1) is 6.92 Å². The van der Waals surface area contributed by atoms with Gasteiger partial charge in [-0.25, -0.2) is 4.98 Å². The summed E-state index contributed by atoms with van der Waals surface area (Å²) in [5.41, 5.74) is 2.75. The van der Waals surface area contributed by atoms with E-state index in [1.807, 2.05) is 66.9 Å². The molecule has 0 bridgehead atoms. The molecule has 0 fully saturated rings. The van der Waals surface area contributed by atoms with Crippen LogP contribution in [0.2, 0.25) is 0 Å². The van der Waals surface area contributed by atoms with Crippen LogP contribution in [0.4, 0.5) is 0 Å². The normalized spacial score (nSPS) is 11.8. The minimum absolute atomic E-state index is 0.146. The fourth-order valence-electron chi connectivity index (χ4n) is 3.06. The second-order valence-electron chi connectivity index (χ2n) is 7.53. The minimum Gasteiger partial charge on any atom is -0.487 e. The van der Waals surface area contributed by atoms with E-state index >= 15 is 0 Å². The van der Waals surface area contributed by atoms with Crippen LogP contribution >= 0.6 is 11.3 Å². The fourth-order valence-corrected chi connectivity index (χ4v) is 3.66. The van der Waals surface area contributed by atoms with E-state index in [0.29, 0.717) is 13.0 Å². The Labute approximate surface area is 192 Å². The third-order valence-corrected chi connectivity index (χ3v) is 5.52. The average molecular weight is 450 g/mol. The average Bonchev–Trinajstić information content (AvgIpc) is 3.21. The maximum atomic E-state index is 12.5. The molecule has 32 heavy (non-hydrogen) atoms. The second kappa shape index (κ2) is 11.2. The number of aromatic nitrogens is 1. The van der Waals surface area contributed by atoms with Gasteiger partial charge in [-0.1, -0.05) is 42.5 Å². The highest BCUT2D eigenvalue weighted by atomic mass is 32.1. The quantitative estimate of drug-likeness (QED) is 0.504. The monoisotopic (exact) mass is 449 g/mol.